The zero-order valence-corrected chi connectivity index (χ0v) is 29.0. The molecule has 2 aromatic rings. The molecule has 1 aromatic carbocycles. The van der Waals surface area contributed by atoms with Crippen molar-refractivity contribution in [2.45, 2.75) is 112 Å². The minimum Gasteiger partial charge on any atom is -0.348 e. The van der Waals surface area contributed by atoms with Crippen molar-refractivity contribution >= 4 is 40.0 Å². The van der Waals surface area contributed by atoms with Gasteiger partial charge >= 0.3 is 0 Å². The van der Waals surface area contributed by atoms with E-state index in [1.807, 2.05) is 12.1 Å². The molecule has 3 rings (SSSR count). The van der Waals surface area contributed by atoms with Crippen LogP contribution in [0.15, 0.2) is 47.1 Å². The average Bonchev–Trinajstić information content (AvgIpc) is 3.44. The van der Waals surface area contributed by atoms with Gasteiger partial charge in [-0.15, -0.1) is 0 Å². The van der Waals surface area contributed by atoms with Crippen LogP contribution in [-0.4, -0.2) is 29.9 Å². The molecular weight excluding hydrogens is 565 g/mol. The third-order valence-electron chi connectivity index (χ3n) is 8.70. The molecule has 238 valence electrons. The van der Waals surface area contributed by atoms with E-state index in [1.54, 1.807) is 42.5 Å². The maximum Gasteiger partial charge on any atom is 0.276 e. The Balaban J connectivity index is 2.16. The molecule has 2 heterocycles. The number of anilines is 2. The van der Waals surface area contributed by atoms with Gasteiger partial charge in [0.05, 0.1) is 16.3 Å². The zero-order chi connectivity index (χ0) is 32.4. The van der Waals surface area contributed by atoms with Crippen molar-refractivity contribution < 1.29 is 9.59 Å². The van der Waals surface area contributed by atoms with Crippen LogP contribution >= 0.6 is 11.3 Å². The Labute approximate surface area is 269 Å². The van der Waals surface area contributed by atoms with E-state index in [1.165, 1.54) is 38.5 Å². The fourth-order valence-corrected chi connectivity index (χ4v) is 7.04. The Kier molecular flexibility index (Phi) is 13.0. The molecule has 1 aromatic heterocycles. The Morgan fingerprint density at radius 3 is 2.00 bits per heavy atom. The number of aromatic nitrogens is 1. The molecule has 2 atom stereocenters. The Hall–Kier alpha value is -3.24. The second-order valence-corrected chi connectivity index (χ2v) is 14.2. The topological polar surface area (TPSA) is 77.3 Å². The van der Waals surface area contributed by atoms with Crippen molar-refractivity contribution in [3.63, 3.8) is 0 Å². The van der Waals surface area contributed by atoms with E-state index in [4.69, 9.17) is 4.98 Å². The fraction of sp³-hybridized carbons (Fsp3) is 0.568. The third-order valence-corrected chi connectivity index (χ3v) is 9.76. The number of thiazole rings is 1. The van der Waals surface area contributed by atoms with Crippen molar-refractivity contribution in [1.82, 2.24) is 4.98 Å². The first-order valence-electron chi connectivity index (χ1n) is 16.5. The molecule has 6 nitrogen and oxygen atoms in total. The van der Waals surface area contributed by atoms with E-state index in [0.29, 0.717) is 28.7 Å². The molecule has 0 aliphatic carbocycles. The lowest BCUT2D eigenvalue weighted by atomic mass is 9.89. The predicted molar refractivity (Wildman–Crippen MR) is 185 cm³/mol. The largest absolute Gasteiger partial charge is 0.348 e. The highest BCUT2D eigenvalue weighted by Crippen LogP contribution is 2.39. The first-order valence-corrected chi connectivity index (χ1v) is 17.3. The first-order chi connectivity index (χ1) is 21.0. The van der Waals surface area contributed by atoms with Gasteiger partial charge < -0.3 is 4.90 Å². The summed E-state index contributed by atoms with van der Waals surface area (Å²) in [6, 6.07) is 10.9. The maximum absolute atomic E-state index is 14.0. The number of benzene rings is 1. The molecule has 0 N–H and O–H groups in total. The molecule has 2 amide bonds. The molecule has 0 radical (unpaired) electrons. The normalized spacial score (nSPS) is 16.4. The molecule has 7 heteroatoms. The zero-order valence-electron chi connectivity index (χ0n) is 28.2. The van der Waals surface area contributed by atoms with Crippen LogP contribution in [0.4, 0.5) is 10.8 Å². The Bertz CT molecular complexity index is 1360. The monoisotopic (exact) mass is 616 g/mol. The highest BCUT2D eigenvalue weighted by atomic mass is 32.1. The van der Waals surface area contributed by atoms with Gasteiger partial charge in [0.1, 0.15) is 11.6 Å². The summed E-state index contributed by atoms with van der Waals surface area (Å²) < 4.78 is 0. The summed E-state index contributed by atoms with van der Waals surface area (Å²) in [6.07, 6.45) is 11.4. The van der Waals surface area contributed by atoms with Gasteiger partial charge in [-0.1, -0.05) is 117 Å². The fourth-order valence-electron chi connectivity index (χ4n) is 5.80. The summed E-state index contributed by atoms with van der Waals surface area (Å²) in [7, 11) is 0. The summed E-state index contributed by atoms with van der Waals surface area (Å²) in [5.41, 5.74) is 1.88. The van der Waals surface area contributed by atoms with E-state index >= 15 is 0 Å². The molecule has 0 bridgehead atoms. The first kappa shape index (κ1) is 35.2. The Morgan fingerprint density at radius 1 is 0.955 bits per heavy atom. The quantitative estimate of drug-likeness (QED) is 0.147. The van der Waals surface area contributed by atoms with Gasteiger partial charge in [0.15, 0.2) is 5.13 Å². The van der Waals surface area contributed by atoms with Gasteiger partial charge in [0, 0.05) is 24.1 Å². The lowest BCUT2D eigenvalue weighted by Crippen LogP contribution is -2.42. The second kappa shape index (κ2) is 16.2. The maximum atomic E-state index is 14.0. The van der Waals surface area contributed by atoms with Crippen molar-refractivity contribution in [2.24, 2.45) is 11.8 Å². The van der Waals surface area contributed by atoms with Crippen LogP contribution in [0, 0.1) is 23.2 Å². The number of nitrogens with zero attached hydrogens (tertiary/aromatic N) is 4. The molecule has 0 spiro atoms. The number of nitriles is 1. The molecule has 0 saturated carbocycles. The summed E-state index contributed by atoms with van der Waals surface area (Å²) in [5, 5.41) is 10.9. The van der Waals surface area contributed by atoms with Crippen molar-refractivity contribution in [3.05, 3.63) is 57.6 Å². The van der Waals surface area contributed by atoms with Crippen molar-refractivity contribution in [1.29, 1.82) is 5.26 Å². The summed E-state index contributed by atoms with van der Waals surface area (Å²) in [4.78, 5) is 37.1. The lowest BCUT2D eigenvalue weighted by molar-refractivity contribution is -0.122. The summed E-state index contributed by atoms with van der Waals surface area (Å²) in [5.74, 6) is 0.189. The number of rotatable bonds is 15. The summed E-state index contributed by atoms with van der Waals surface area (Å²) in [6.45, 7) is 19.2. The number of amides is 2. The van der Waals surface area contributed by atoms with E-state index < -0.39 is 11.8 Å². The molecule has 0 saturated heterocycles. The van der Waals surface area contributed by atoms with Gasteiger partial charge in [-0.2, -0.15) is 5.26 Å². The minimum atomic E-state index is -0.582. The van der Waals surface area contributed by atoms with E-state index in [0.717, 1.165) is 46.5 Å². The average molecular weight is 617 g/mol. The van der Waals surface area contributed by atoms with Crippen LogP contribution in [0.25, 0.3) is 6.08 Å². The number of para-hydroxylation sites is 1. The molecule has 0 fully saturated rings. The van der Waals surface area contributed by atoms with Crippen LogP contribution in [0.3, 0.4) is 0 Å². The highest BCUT2D eigenvalue weighted by molar-refractivity contribution is 7.16. The van der Waals surface area contributed by atoms with Crippen molar-refractivity contribution in [2.75, 3.05) is 22.9 Å². The van der Waals surface area contributed by atoms with E-state index in [9.17, 15) is 14.9 Å². The predicted octanol–water partition coefficient (Wildman–Crippen LogP) is 9.48. The molecule has 1 aliphatic heterocycles. The summed E-state index contributed by atoms with van der Waals surface area (Å²) >= 11 is 1.63. The van der Waals surface area contributed by atoms with Gasteiger partial charge in [-0.25, -0.2) is 9.88 Å². The van der Waals surface area contributed by atoms with Gasteiger partial charge in [-0.3, -0.25) is 9.59 Å². The van der Waals surface area contributed by atoms with Gasteiger partial charge in [0.25, 0.3) is 11.8 Å². The molecule has 1 aliphatic rings. The lowest BCUT2D eigenvalue weighted by Gasteiger charge is -2.30. The number of hydrogen-bond acceptors (Lipinski definition) is 6. The number of carbonyl (C=O) groups is 2. The van der Waals surface area contributed by atoms with Crippen LogP contribution in [0.5, 0.6) is 0 Å². The van der Waals surface area contributed by atoms with E-state index in [2.05, 4.69) is 59.4 Å². The SMILES string of the molecule is CCCCC(CC)CN(CC(CC)CCCC)c1nc(C(C)(C)C)c(/C=C2\C(=O)N(c3ccccc3)C(=O)C(C#N)=C2C)s1. The van der Waals surface area contributed by atoms with Crippen molar-refractivity contribution in [3.8, 4) is 6.07 Å². The minimum absolute atomic E-state index is 0.00759. The molecule has 44 heavy (non-hydrogen) atoms. The van der Waals surface area contributed by atoms with Crippen LogP contribution in [0.2, 0.25) is 0 Å². The smallest absolute Gasteiger partial charge is 0.276 e. The van der Waals surface area contributed by atoms with Crippen LogP contribution < -0.4 is 9.80 Å². The van der Waals surface area contributed by atoms with Crippen LogP contribution in [-0.2, 0) is 15.0 Å². The van der Waals surface area contributed by atoms with Crippen LogP contribution in [0.1, 0.15) is 117 Å². The standard InChI is InChI=1S/C37H52N4O2S/c1-9-13-18-27(11-3)24-40(25-28(12-4)19-14-10-2)36-39-33(37(6,7)8)32(44-36)22-30-26(5)31(23-38)35(43)41(34(30)42)29-20-16-15-17-21-29/h15-17,20-22,27-28H,9-14,18-19,24-25H2,1-8H3/b30-22-. The third kappa shape index (κ3) is 8.47. The second-order valence-electron chi connectivity index (χ2n) is 13.1. The number of imide groups is 1. The molecule has 2 unspecified atom stereocenters. The number of carbonyl (C=O) groups excluding carboxylic acids is 2. The van der Waals surface area contributed by atoms with E-state index in [-0.39, 0.29) is 11.0 Å². The van der Waals surface area contributed by atoms with Gasteiger partial charge in [0.2, 0.25) is 0 Å². The Morgan fingerprint density at radius 2 is 1.52 bits per heavy atom. The number of unbranched alkanes of at least 4 members (excludes halogenated alkanes) is 2. The highest BCUT2D eigenvalue weighted by Gasteiger charge is 2.37. The van der Waals surface area contributed by atoms with Gasteiger partial charge in [-0.05, 0) is 55.4 Å². The number of hydrogen-bond donors (Lipinski definition) is 0. The molecular formula is C37H52N4O2S.